The van der Waals surface area contributed by atoms with Crippen molar-refractivity contribution in [3.63, 3.8) is 0 Å². The molecule has 17 heavy (non-hydrogen) atoms. The predicted molar refractivity (Wildman–Crippen MR) is 72.6 cm³/mol. The summed E-state index contributed by atoms with van der Waals surface area (Å²) in [5, 5.41) is 3.39. The molecular formula is C12H18ClNO2S. The molecule has 0 amide bonds. The first-order valence-electron chi connectivity index (χ1n) is 5.50. The number of anilines is 1. The number of benzene rings is 1. The van der Waals surface area contributed by atoms with Gasteiger partial charge in [0.1, 0.15) is 0 Å². The molecule has 96 valence electrons. The third kappa shape index (κ3) is 4.96. The van der Waals surface area contributed by atoms with Gasteiger partial charge >= 0.3 is 0 Å². The van der Waals surface area contributed by atoms with E-state index >= 15 is 0 Å². The molecule has 0 aliphatic carbocycles. The highest BCUT2D eigenvalue weighted by Crippen LogP contribution is 2.16. The lowest BCUT2D eigenvalue weighted by atomic mass is 10.2. The highest BCUT2D eigenvalue weighted by atomic mass is 35.5. The summed E-state index contributed by atoms with van der Waals surface area (Å²) in [6, 6.07) is 7.01. The van der Waals surface area contributed by atoms with Crippen LogP contribution in [-0.2, 0) is 9.84 Å². The summed E-state index contributed by atoms with van der Waals surface area (Å²) < 4.78 is 22.5. The van der Waals surface area contributed by atoms with E-state index in [-0.39, 0.29) is 11.4 Å². The van der Waals surface area contributed by atoms with E-state index in [0.29, 0.717) is 4.90 Å². The smallest absolute Gasteiger partial charge is 0.175 e. The molecule has 0 saturated heterocycles. The second-order valence-electron chi connectivity index (χ2n) is 4.36. The zero-order valence-electron chi connectivity index (χ0n) is 10.3. The van der Waals surface area contributed by atoms with Gasteiger partial charge in [-0.1, -0.05) is 0 Å². The van der Waals surface area contributed by atoms with Gasteiger partial charge in [-0.15, -0.1) is 11.6 Å². The average molecular weight is 276 g/mol. The van der Waals surface area contributed by atoms with Gasteiger partial charge in [0.05, 0.1) is 4.90 Å². The molecule has 0 aliphatic rings. The molecule has 0 aliphatic heterocycles. The van der Waals surface area contributed by atoms with Gasteiger partial charge in [0.15, 0.2) is 9.84 Å². The van der Waals surface area contributed by atoms with E-state index in [2.05, 4.69) is 5.32 Å². The third-order valence-electron chi connectivity index (χ3n) is 2.37. The van der Waals surface area contributed by atoms with Gasteiger partial charge in [0, 0.05) is 23.4 Å². The van der Waals surface area contributed by atoms with Crippen molar-refractivity contribution in [1.29, 1.82) is 0 Å². The van der Waals surface area contributed by atoms with E-state index in [0.717, 1.165) is 12.1 Å². The maximum Gasteiger partial charge on any atom is 0.175 e. The summed E-state index contributed by atoms with van der Waals surface area (Å²) in [5.74, 6) is 0. The highest BCUT2D eigenvalue weighted by Gasteiger charge is 2.08. The molecule has 1 aromatic rings. The molecule has 1 rings (SSSR count). The van der Waals surface area contributed by atoms with E-state index in [1.54, 1.807) is 24.3 Å². The Kier molecular flexibility index (Phi) is 4.83. The molecule has 0 fully saturated rings. The summed E-state index contributed by atoms with van der Waals surface area (Å²) in [6.45, 7) is 4.00. The van der Waals surface area contributed by atoms with Crippen LogP contribution in [0.25, 0.3) is 0 Å². The standard InChI is InChI=1S/C12H18ClNO2S/c1-9(13)8-10(2)14-11-4-6-12(7-5-11)17(3,15)16/h4-7,9-10,14H,8H2,1-3H3. The molecule has 0 spiro atoms. The second kappa shape index (κ2) is 5.74. The summed E-state index contributed by atoms with van der Waals surface area (Å²) in [5.41, 5.74) is 0.905. The van der Waals surface area contributed by atoms with Crippen LogP contribution in [0, 0.1) is 0 Å². The van der Waals surface area contributed by atoms with Crippen LogP contribution in [0.3, 0.4) is 0 Å². The average Bonchev–Trinajstić information content (AvgIpc) is 2.15. The lowest BCUT2D eigenvalue weighted by molar-refractivity contribution is 0.602. The fraction of sp³-hybridized carbons (Fsp3) is 0.500. The van der Waals surface area contributed by atoms with Crippen molar-refractivity contribution >= 4 is 27.1 Å². The van der Waals surface area contributed by atoms with Gasteiger partial charge in [-0.05, 0) is 44.5 Å². The summed E-state index contributed by atoms with van der Waals surface area (Å²) in [4.78, 5) is 0.335. The summed E-state index contributed by atoms with van der Waals surface area (Å²) in [7, 11) is -3.12. The molecule has 1 aromatic carbocycles. The van der Waals surface area contributed by atoms with Crippen molar-refractivity contribution in [3.05, 3.63) is 24.3 Å². The SMILES string of the molecule is CC(Cl)CC(C)Nc1ccc(S(C)(=O)=O)cc1. The van der Waals surface area contributed by atoms with Crippen LogP contribution in [0.2, 0.25) is 0 Å². The van der Waals surface area contributed by atoms with E-state index in [1.807, 2.05) is 13.8 Å². The van der Waals surface area contributed by atoms with Gasteiger partial charge in [0.2, 0.25) is 0 Å². The predicted octanol–water partition coefficient (Wildman–Crippen LogP) is 2.91. The Labute approximate surface area is 108 Å². The Hall–Kier alpha value is -0.740. The minimum atomic E-state index is -3.12. The number of halogens is 1. The van der Waals surface area contributed by atoms with Gasteiger partial charge in [0.25, 0.3) is 0 Å². The maximum atomic E-state index is 11.3. The van der Waals surface area contributed by atoms with Crippen LogP contribution >= 0.6 is 11.6 Å². The molecule has 1 N–H and O–H groups in total. The van der Waals surface area contributed by atoms with Crippen LogP contribution in [0.1, 0.15) is 20.3 Å². The zero-order chi connectivity index (χ0) is 13.1. The lowest BCUT2D eigenvalue weighted by Crippen LogP contribution is -2.18. The van der Waals surface area contributed by atoms with E-state index in [9.17, 15) is 8.42 Å². The molecule has 3 nitrogen and oxygen atoms in total. The molecule has 5 heteroatoms. The van der Waals surface area contributed by atoms with Gasteiger partial charge in [-0.2, -0.15) is 0 Å². The molecule has 0 aromatic heterocycles. The molecule has 0 saturated carbocycles. The molecule has 0 heterocycles. The number of alkyl halides is 1. The minimum Gasteiger partial charge on any atom is -0.383 e. The zero-order valence-corrected chi connectivity index (χ0v) is 11.8. The Morgan fingerprint density at radius 1 is 1.24 bits per heavy atom. The Bertz CT molecular complexity index is 454. The van der Waals surface area contributed by atoms with Gasteiger partial charge in [-0.25, -0.2) is 8.42 Å². The van der Waals surface area contributed by atoms with Crippen molar-refractivity contribution in [3.8, 4) is 0 Å². The van der Waals surface area contributed by atoms with E-state index in [4.69, 9.17) is 11.6 Å². The molecule has 2 unspecified atom stereocenters. The van der Waals surface area contributed by atoms with Crippen molar-refractivity contribution in [2.75, 3.05) is 11.6 Å². The topological polar surface area (TPSA) is 46.2 Å². The molecule has 0 radical (unpaired) electrons. The van der Waals surface area contributed by atoms with Crippen molar-refractivity contribution < 1.29 is 8.42 Å². The van der Waals surface area contributed by atoms with Crippen LogP contribution in [0.15, 0.2) is 29.2 Å². The molecule has 0 bridgehead atoms. The number of rotatable bonds is 5. The maximum absolute atomic E-state index is 11.3. The Morgan fingerprint density at radius 2 is 1.76 bits per heavy atom. The summed E-state index contributed by atoms with van der Waals surface area (Å²) in [6.07, 6.45) is 2.06. The number of hydrogen-bond acceptors (Lipinski definition) is 3. The fourth-order valence-electron chi connectivity index (χ4n) is 1.63. The highest BCUT2D eigenvalue weighted by molar-refractivity contribution is 7.90. The number of sulfone groups is 1. The monoisotopic (exact) mass is 275 g/mol. The normalized spacial score (nSPS) is 15.3. The van der Waals surface area contributed by atoms with Gasteiger partial charge < -0.3 is 5.32 Å². The van der Waals surface area contributed by atoms with Crippen LogP contribution in [0.4, 0.5) is 5.69 Å². The largest absolute Gasteiger partial charge is 0.383 e. The summed E-state index contributed by atoms with van der Waals surface area (Å²) >= 11 is 5.90. The van der Waals surface area contributed by atoms with Crippen molar-refractivity contribution in [2.24, 2.45) is 0 Å². The van der Waals surface area contributed by atoms with Crippen molar-refractivity contribution in [2.45, 2.75) is 36.6 Å². The molecule has 2 atom stereocenters. The van der Waals surface area contributed by atoms with Crippen molar-refractivity contribution in [1.82, 2.24) is 0 Å². The fourth-order valence-corrected chi connectivity index (χ4v) is 2.53. The molecular weight excluding hydrogens is 258 g/mol. The quantitative estimate of drug-likeness (QED) is 0.841. The van der Waals surface area contributed by atoms with Crippen LogP contribution < -0.4 is 5.32 Å². The second-order valence-corrected chi connectivity index (χ2v) is 7.12. The van der Waals surface area contributed by atoms with Crippen LogP contribution in [-0.4, -0.2) is 26.1 Å². The first-order valence-corrected chi connectivity index (χ1v) is 7.82. The van der Waals surface area contributed by atoms with Gasteiger partial charge in [-0.3, -0.25) is 0 Å². The minimum absolute atomic E-state index is 0.118. The number of nitrogens with one attached hydrogen (secondary N) is 1. The first-order chi connectivity index (χ1) is 7.79. The van der Waals surface area contributed by atoms with E-state index < -0.39 is 9.84 Å². The van der Waals surface area contributed by atoms with E-state index in [1.165, 1.54) is 6.26 Å². The van der Waals surface area contributed by atoms with Crippen LogP contribution in [0.5, 0.6) is 0 Å². The third-order valence-corrected chi connectivity index (χ3v) is 3.68. The number of hydrogen-bond donors (Lipinski definition) is 1. The Morgan fingerprint density at radius 3 is 2.18 bits per heavy atom. The first kappa shape index (κ1) is 14.3. The lowest BCUT2D eigenvalue weighted by Gasteiger charge is -2.16. The Balaban J connectivity index is 2.69.